The van der Waals surface area contributed by atoms with Gasteiger partial charge in [0, 0.05) is 36.1 Å². The summed E-state index contributed by atoms with van der Waals surface area (Å²) in [6, 6.07) is 13.3. The molecule has 0 spiro atoms. The van der Waals surface area contributed by atoms with Crippen molar-refractivity contribution < 1.29 is 38.5 Å². The monoisotopic (exact) mass is 534 g/mol. The molecular formula is C28H26N2O9. The molecule has 39 heavy (non-hydrogen) atoms. The molecule has 3 aromatic carbocycles. The smallest absolute Gasteiger partial charge is 0.310 e. The lowest BCUT2D eigenvalue weighted by atomic mass is 9.65. The fraction of sp³-hybridized carbons (Fsp3) is 0.321. The Kier molecular flexibility index (Phi) is 6.15. The van der Waals surface area contributed by atoms with Crippen molar-refractivity contribution in [3.63, 3.8) is 0 Å². The van der Waals surface area contributed by atoms with E-state index in [1.165, 1.54) is 20.3 Å². The number of cyclic esters (lactones) is 1. The molecule has 2 N–H and O–H groups in total. The molecular weight excluding hydrogens is 508 g/mol. The second-order valence-electron chi connectivity index (χ2n) is 9.65. The van der Waals surface area contributed by atoms with Gasteiger partial charge in [0.25, 0.3) is 5.69 Å². The van der Waals surface area contributed by atoms with Crippen molar-refractivity contribution in [3.8, 4) is 28.7 Å². The van der Waals surface area contributed by atoms with Gasteiger partial charge < -0.3 is 34.1 Å². The summed E-state index contributed by atoms with van der Waals surface area (Å²) in [7, 11) is 2.89. The van der Waals surface area contributed by atoms with Crippen LogP contribution in [0.4, 0.5) is 5.69 Å². The molecule has 202 valence electrons. The van der Waals surface area contributed by atoms with Crippen molar-refractivity contribution in [3.05, 3.63) is 80.9 Å². The Bertz CT molecular complexity index is 1450. The number of hydrogen-bond acceptors (Lipinski definition) is 10. The van der Waals surface area contributed by atoms with Gasteiger partial charge in [-0.3, -0.25) is 14.9 Å². The number of ether oxygens (including phenoxy) is 5. The largest absolute Gasteiger partial charge is 0.502 e. The molecule has 1 fully saturated rings. The molecule has 3 aromatic rings. The first-order valence-electron chi connectivity index (χ1n) is 12.4. The zero-order valence-corrected chi connectivity index (χ0v) is 21.2. The summed E-state index contributed by atoms with van der Waals surface area (Å²) >= 11 is 0. The Labute approximate surface area is 223 Å². The van der Waals surface area contributed by atoms with Gasteiger partial charge in [0.2, 0.25) is 12.5 Å². The molecule has 0 radical (unpaired) electrons. The predicted molar refractivity (Wildman–Crippen MR) is 136 cm³/mol. The number of rotatable bonds is 7. The van der Waals surface area contributed by atoms with Crippen LogP contribution < -0.4 is 24.3 Å². The zero-order chi connectivity index (χ0) is 27.3. The zero-order valence-electron chi connectivity index (χ0n) is 21.2. The maximum absolute atomic E-state index is 13.3. The molecule has 0 bridgehead atoms. The third kappa shape index (κ3) is 4.06. The van der Waals surface area contributed by atoms with Crippen LogP contribution in [0.25, 0.3) is 0 Å². The Morgan fingerprint density at radius 3 is 2.36 bits per heavy atom. The normalized spacial score (nSPS) is 22.6. The molecule has 3 aliphatic rings. The van der Waals surface area contributed by atoms with Crippen LogP contribution in [0.2, 0.25) is 0 Å². The van der Waals surface area contributed by atoms with Crippen molar-refractivity contribution in [1.29, 1.82) is 0 Å². The fourth-order valence-electron chi connectivity index (χ4n) is 5.98. The van der Waals surface area contributed by atoms with Crippen molar-refractivity contribution in [1.82, 2.24) is 5.32 Å². The van der Waals surface area contributed by atoms with E-state index < -0.39 is 16.8 Å². The van der Waals surface area contributed by atoms with E-state index in [1.54, 1.807) is 30.3 Å². The van der Waals surface area contributed by atoms with Crippen LogP contribution in [-0.4, -0.2) is 43.6 Å². The number of aromatic hydroxyl groups is 1. The Balaban J connectivity index is 1.49. The number of methoxy groups -OCH3 is 2. The maximum atomic E-state index is 13.3. The average Bonchev–Trinajstić information content (AvgIpc) is 3.56. The number of carbonyl (C=O) groups excluding carboxylic acids is 1. The first-order chi connectivity index (χ1) is 18.9. The van der Waals surface area contributed by atoms with Gasteiger partial charge in [-0.2, -0.15) is 0 Å². The molecule has 0 aromatic heterocycles. The van der Waals surface area contributed by atoms with Crippen LogP contribution in [0.1, 0.15) is 34.2 Å². The van der Waals surface area contributed by atoms with Crippen molar-refractivity contribution >= 4 is 11.7 Å². The second kappa shape index (κ2) is 9.66. The van der Waals surface area contributed by atoms with E-state index in [-0.39, 0.29) is 60.8 Å². The fourth-order valence-corrected chi connectivity index (χ4v) is 5.98. The van der Waals surface area contributed by atoms with Gasteiger partial charge in [-0.05, 0) is 41.0 Å². The summed E-state index contributed by atoms with van der Waals surface area (Å²) in [4.78, 5) is 24.5. The lowest BCUT2D eigenvalue weighted by Crippen LogP contribution is -2.40. The highest BCUT2D eigenvalue weighted by Gasteiger charge is 2.52. The first kappa shape index (κ1) is 24.8. The lowest BCUT2D eigenvalue weighted by molar-refractivity contribution is -0.385. The number of fused-ring (bicyclic) bond motifs is 3. The number of phenolic OH excluding ortho intramolecular Hbond substituents is 1. The van der Waals surface area contributed by atoms with Crippen molar-refractivity contribution in [2.45, 2.75) is 18.5 Å². The number of para-hydroxylation sites is 1. The SMILES string of the molecule is COc1cc([C@@H]2c3cc4c(cc3[C@@H](NCc3ccccc3[N+](=O)[O-])[C@H]3COC(=O)[C@H]23)OCO4)cc(OC)c1O. The van der Waals surface area contributed by atoms with E-state index in [0.717, 1.165) is 11.1 Å². The number of phenols is 1. The van der Waals surface area contributed by atoms with E-state index in [2.05, 4.69) is 5.32 Å². The molecule has 11 heteroatoms. The molecule has 0 unspecified atom stereocenters. The van der Waals surface area contributed by atoms with Gasteiger partial charge in [0.15, 0.2) is 23.0 Å². The first-order valence-corrected chi connectivity index (χ1v) is 12.4. The average molecular weight is 535 g/mol. The van der Waals surface area contributed by atoms with Crippen LogP contribution >= 0.6 is 0 Å². The highest BCUT2D eigenvalue weighted by molar-refractivity contribution is 5.79. The third-order valence-corrected chi connectivity index (χ3v) is 7.75. The summed E-state index contributed by atoms with van der Waals surface area (Å²) < 4.78 is 27.8. The topological polar surface area (TPSA) is 139 Å². The third-order valence-electron chi connectivity index (χ3n) is 7.75. The summed E-state index contributed by atoms with van der Waals surface area (Å²) in [5.74, 6) is -0.270. The van der Waals surface area contributed by atoms with Gasteiger partial charge in [-0.25, -0.2) is 0 Å². The van der Waals surface area contributed by atoms with Gasteiger partial charge in [-0.1, -0.05) is 18.2 Å². The number of carbonyl (C=O) groups is 1. The van der Waals surface area contributed by atoms with Gasteiger partial charge in [-0.15, -0.1) is 0 Å². The van der Waals surface area contributed by atoms with E-state index >= 15 is 0 Å². The van der Waals surface area contributed by atoms with Gasteiger partial charge >= 0.3 is 5.97 Å². The Morgan fingerprint density at radius 1 is 1.03 bits per heavy atom. The Morgan fingerprint density at radius 2 is 1.69 bits per heavy atom. The minimum atomic E-state index is -0.583. The molecule has 1 aliphatic carbocycles. The molecule has 2 heterocycles. The van der Waals surface area contributed by atoms with E-state index in [0.29, 0.717) is 22.6 Å². The Hall–Kier alpha value is -4.51. The van der Waals surface area contributed by atoms with Crippen LogP contribution in [0.3, 0.4) is 0 Å². The molecule has 6 rings (SSSR count). The van der Waals surface area contributed by atoms with E-state index in [9.17, 15) is 20.0 Å². The van der Waals surface area contributed by atoms with Gasteiger partial charge in [0.05, 0.1) is 31.7 Å². The highest BCUT2D eigenvalue weighted by Crippen LogP contribution is 2.55. The number of nitro groups is 1. The maximum Gasteiger partial charge on any atom is 0.310 e. The summed E-state index contributed by atoms with van der Waals surface area (Å²) in [6.45, 7) is 0.459. The second-order valence-corrected chi connectivity index (χ2v) is 9.65. The van der Waals surface area contributed by atoms with Crippen LogP contribution in [0, 0.1) is 22.0 Å². The molecule has 11 nitrogen and oxygen atoms in total. The molecule has 1 saturated heterocycles. The number of nitrogens with one attached hydrogen (secondary N) is 1. The van der Waals surface area contributed by atoms with Crippen LogP contribution in [0.5, 0.6) is 28.7 Å². The number of nitro benzene ring substituents is 1. The standard InChI is InChI=1S/C28H26N2O9/c1-35-22-7-15(8-23(36-2)27(22)31)24-16-9-20-21(39-13-38-20)10-17(16)26(18-12-37-28(32)25(18)24)29-11-14-5-3-4-6-19(14)30(33)34/h3-10,18,24-26,29,31H,11-13H2,1-2H3/t18-,24+,25-,26+/m0/s1. The highest BCUT2D eigenvalue weighted by atomic mass is 16.7. The van der Waals surface area contributed by atoms with Crippen molar-refractivity contribution in [2.75, 3.05) is 27.6 Å². The van der Waals surface area contributed by atoms with Crippen molar-refractivity contribution in [2.24, 2.45) is 11.8 Å². The molecule has 0 amide bonds. The molecule has 2 aliphatic heterocycles. The quantitative estimate of drug-likeness (QED) is 0.261. The number of benzene rings is 3. The van der Waals surface area contributed by atoms with E-state index in [4.69, 9.17) is 23.7 Å². The number of hydrogen-bond donors (Lipinski definition) is 2. The minimum Gasteiger partial charge on any atom is -0.502 e. The lowest BCUT2D eigenvalue weighted by Gasteiger charge is -2.39. The molecule has 0 saturated carbocycles. The van der Waals surface area contributed by atoms with E-state index in [1.807, 2.05) is 12.1 Å². The van der Waals surface area contributed by atoms with Crippen LogP contribution in [-0.2, 0) is 16.1 Å². The number of esters is 1. The minimum absolute atomic E-state index is 0.0168. The van der Waals surface area contributed by atoms with Crippen LogP contribution in [0.15, 0.2) is 48.5 Å². The summed E-state index contributed by atoms with van der Waals surface area (Å²) in [6.07, 6.45) is 0. The molecule has 4 atom stereocenters. The predicted octanol–water partition coefficient (Wildman–Crippen LogP) is 3.81. The summed E-state index contributed by atoms with van der Waals surface area (Å²) in [5.41, 5.74) is 2.93. The summed E-state index contributed by atoms with van der Waals surface area (Å²) in [5, 5.41) is 25.6. The van der Waals surface area contributed by atoms with Gasteiger partial charge in [0.1, 0.15) is 0 Å². The number of nitrogens with zero attached hydrogens (tertiary/aromatic N) is 1.